The monoisotopic (exact) mass is 283 g/mol. The predicted octanol–water partition coefficient (Wildman–Crippen LogP) is 2.17. The molecule has 0 bridgehead atoms. The van der Waals surface area contributed by atoms with Crippen LogP contribution in [0, 0.1) is 13.8 Å². The zero-order valence-corrected chi connectivity index (χ0v) is 12.6. The maximum absolute atomic E-state index is 4.41. The van der Waals surface area contributed by atoms with Crippen molar-refractivity contribution in [2.75, 3.05) is 18.4 Å². The van der Waals surface area contributed by atoms with Gasteiger partial charge in [0.1, 0.15) is 0 Å². The van der Waals surface area contributed by atoms with Gasteiger partial charge in [0.15, 0.2) is 0 Å². The standard InChI is InChI=1S/C16H21N5/c1-12-7-14(9-17-8-12)10-21-6-4-15(11-21)20-16-18-5-3-13(2)19-16/h3,5,7-9,15H,4,6,10-11H2,1-2H3,(H,18,19,20). The number of anilines is 1. The fraction of sp³-hybridized carbons (Fsp3) is 0.438. The van der Waals surface area contributed by atoms with Crippen molar-refractivity contribution in [3.05, 3.63) is 47.5 Å². The molecule has 3 heterocycles. The molecular formula is C16H21N5. The maximum Gasteiger partial charge on any atom is 0.223 e. The fourth-order valence-corrected chi connectivity index (χ4v) is 2.76. The minimum Gasteiger partial charge on any atom is -0.350 e. The van der Waals surface area contributed by atoms with Crippen LogP contribution in [0.2, 0.25) is 0 Å². The Hall–Kier alpha value is -2.01. The van der Waals surface area contributed by atoms with Crippen LogP contribution in [0.15, 0.2) is 30.7 Å². The van der Waals surface area contributed by atoms with Crippen LogP contribution in [0.5, 0.6) is 0 Å². The van der Waals surface area contributed by atoms with Gasteiger partial charge in [0, 0.05) is 50.0 Å². The maximum atomic E-state index is 4.41. The minimum absolute atomic E-state index is 0.421. The lowest BCUT2D eigenvalue weighted by Gasteiger charge is -2.16. The molecule has 0 aliphatic carbocycles. The number of nitrogens with one attached hydrogen (secondary N) is 1. The van der Waals surface area contributed by atoms with E-state index in [-0.39, 0.29) is 0 Å². The lowest BCUT2D eigenvalue weighted by Crippen LogP contribution is -2.26. The summed E-state index contributed by atoms with van der Waals surface area (Å²) >= 11 is 0. The van der Waals surface area contributed by atoms with Crippen molar-refractivity contribution in [1.29, 1.82) is 0 Å². The summed E-state index contributed by atoms with van der Waals surface area (Å²) in [5.74, 6) is 0.735. The summed E-state index contributed by atoms with van der Waals surface area (Å²) in [6.45, 7) is 7.14. The summed E-state index contributed by atoms with van der Waals surface area (Å²) in [5.41, 5.74) is 3.49. The summed E-state index contributed by atoms with van der Waals surface area (Å²) in [4.78, 5) is 15.4. The number of aryl methyl sites for hydroxylation is 2. The van der Waals surface area contributed by atoms with Crippen LogP contribution >= 0.6 is 0 Å². The van der Waals surface area contributed by atoms with Gasteiger partial charge >= 0.3 is 0 Å². The molecule has 1 atom stereocenters. The van der Waals surface area contributed by atoms with Gasteiger partial charge in [0.2, 0.25) is 5.95 Å². The van der Waals surface area contributed by atoms with Gasteiger partial charge in [-0.1, -0.05) is 6.07 Å². The first-order valence-corrected chi connectivity index (χ1v) is 7.38. The molecule has 1 N–H and O–H groups in total. The first-order valence-electron chi connectivity index (χ1n) is 7.38. The van der Waals surface area contributed by atoms with Gasteiger partial charge < -0.3 is 5.32 Å². The molecule has 1 unspecified atom stereocenters. The highest BCUT2D eigenvalue weighted by Gasteiger charge is 2.23. The molecule has 1 fully saturated rings. The van der Waals surface area contributed by atoms with Crippen molar-refractivity contribution in [1.82, 2.24) is 19.9 Å². The van der Waals surface area contributed by atoms with Gasteiger partial charge in [0.05, 0.1) is 0 Å². The Morgan fingerprint density at radius 3 is 3.05 bits per heavy atom. The fourth-order valence-electron chi connectivity index (χ4n) is 2.76. The molecule has 0 amide bonds. The number of aromatic nitrogens is 3. The molecule has 2 aromatic heterocycles. The third-order valence-electron chi connectivity index (χ3n) is 3.74. The second kappa shape index (κ2) is 6.18. The number of pyridine rings is 1. The van der Waals surface area contributed by atoms with Gasteiger partial charge in [-0.15, -0.1) is 0 Å². The minimum atomic E-state index is 0.421. The SMILES string of the molecule is Cc1cncc(CN2CCC(Nc3nccc(C)n3)C2)c1. The summed E-state index contributed by atoms with van der Waals surface area (Å²) in [7, 11) is 0. The van der Waals surface area contributed by atoms with E-state index in [0.29, 0.717) is 6.04 Å². The van der Waals surface area contributed by atoms with E-state index in [1.54, 1.807) is 6.20 Å². The Bertz CT molecular complexity index is 560. The summed E-state index contributed by atoms with van der Waals surface area (Å²) in [6, 6.07) is 4.54. The van der Waals surface area contributed by atoms with Gasteiger partial charge in [-0.3, -0.25) is 9.88 Å². The van der Waals surface area contributed by atoms with Gasteiger partial charge in [-0.2, -0.15) is 0 Å². The molecule has 3 rings (SSSR count). The smallest absolute Gasteiger partial charge is 0.223 e. The molecule has 2 aromatic rings. The van der Waals surface area contributed by atoms with Gasteiger partial charge in [-0.05, 0) is 37.5 Å². The number of nitrogens with zero attached hydrogens (tertiary/aromatic N) is 4. The summed E-state index contributed by atoms with van der Waals surface area (Å²) in [5, 5.41) is 3.43. The normalized spacial score (nSPS) is 18.9. The molecule has 21 heavy (non-hydrogen) atoms. The van der Waals surface area contributed by atoms with Crippen LogP contribution in [0.25, 0.3) is 0 Å². The molecule has 1 aliphatic heterocycles. The van der Waals surface area contributed by atoms with Crippen molar-refractivity contribution < 1.29 is 0 Å². The lowest BCUT2D eigenvalue weighted by atomic mass is 10.2. The van der Waals surface area contributed by atoms with Crippen LogP contribution < -0.4 is 5.32 Å². The lowest BCUT2D eigenvalue weighted by molar-refractivity contribution is 0.328. The number of hydrogen-bond donors (Lipinski definition) is 1. The molecule has 1 saturated heterocycles. The van der Waals surface area contributed by atoms with Crippen LogP contribution in [-0.2, 0) is 6.54 Å². The molecule has 0 spiro atoms. The highest BCUT2D eigenvalue weighted by atomic mass is 15.2. The molecule has 0 saturated carbocycles. The number of rotatable bonds is 4. The summed E-state index contributed by atoms with van der Waals surface area (Å²) < 4.78 is 0. The first kappa shape index (κ1) is 13.9. The summed E-state index contributed by atoms with van der Waals surface area (Å²) in [6.07, 6.45) is 6.77. The van der Waals surface area contributed by atoms with E-state index in [1.807, 2.05) is 25.4 Å². The largest absolute Gasteiger partial charge is 0.350 e. The van der Waals surface area contributed by atoms with Crippen molar-refractivity contribution in [3.8, 4) is 0 Å². The Balaban J connectivity index is 1.56. The topological polar surface area (TPSA) is 53.9 Å². The molecule has 0 radical (unpaired) electrons. The highest BCUT2D eigenvalue weighted by Crippen LogP contribution is 2.16. The van der Waals surface area contributed by atoms with E-state index in [2.05, 4.69) is 38.2 Å². The van der Waals surface area contributed by atoms with Gasteiger partial charge in [-0.25, -0.2) is 9.97 Å². The van der Waals surface area contributed by atoms with E-state index < -0.39 is 0 Å². The predicted molar refractivity (Wildman–Crippen MR) is 83.0 cm³/mol. The molecule has 110 valence electrons. The van der Waals surface area contributed by atoms with Crippen LogP contribution in [0.4, 0.5) is 5.95 Å². The van der Waals surface area contributed by atoms with Crippen LogP contribution in [0.1, 0.15) is 23.2 Å². The second-order valence-corrected chi connectivity index (χ2v) is 5.76. The third-order valence-corrected chi connectivity index (χ3v) is 3.74. The Morgan fingerprint density at radius 1 is 1.33 bits per heavy atom. The first-order chi connectivity index (χ1) is 10.2. The molecule has 0 aromatic carbocycles. The zero-order chi connectivity index (χ0) is 14.7. The van der Waals surface area contributed by atoms with E-state index >= 15 is 0 Å². The zero-order valence-electron chi connectivity index (χ0n) is 12.6. The highest BCUT2D eigenvalue weighted by molar-refractivity contribution is 5.27. The van der Waals surface area contributed by atoms with E-state index in [9.17, 15) is 0 Å². The van der Waals surface area contributed by atoms with Crippen LogP contribution in [-0.4, -0.2) is 39.0 Å². The van der Waals surface area contributed by atoms with E-state index in [4.69, 9.17) is 0 Å². The van der Waals surface area contributed by atoms with E-state index in [0.717, 1.165) is 37.7 Å². The molecule has 5 nitrogen and oxygen atoms in total. The molecule has 5 heteroatoms. The Labute approximate surface area is 125 Å². The van der Waals surface area contributed by atoms with Crippen molar-refractivity contribution in [2.24, 2.45) is 0 Å². The van der Waals surface area contributed by atoms with E-state index in [1.165, 1.54) is 11.1 Å². The third kappa shape index (κ3) is 3.76. The Morgan fingerprint density at radius 2 is 2.24 bits per heavy atom. The average molecular weight is 283 g/mol. The Kier molecular flexibility index (Phi) is 4.10. The molecular weight excluding hydrogens is 262 g/mol. The quantitative estimate of drug-likeness (QED) is 0.932. The average Bonchev–Trinajstić information content (AvgIpc) is 2.86. The van der Waals surface area contributed by atoms with Crippen molar-refractivity contribution >= 4 is 5.95 Å². The second-order valence-electron chi connectivity index (χ2n) is 5.76. The number of hydrogen-bond acceptors (Lipinski definition) is 5. The number of likely N-dealkylation sites (tertiary alicyclic amines) is 1. The van der Waals surface area contributed by atoms with Crippen molar-refractivity contribution in [3.63, 3.8) is 0 Å². The molecule has 1 aliphatic rings. The van der Waals surface area contributed by atoms with Crippen LogP contribution in [0.3, 0.4) is 0 Å². The van der Waals surface area contributed by atoms with Crippen molar-refractivity contribution in [2.45, 2.75) is 32.9 Å². The van der Waals surface area contributed by atoms with Gasteiger partial charge in [0.25, 0.3) is 0 Å².